The summed E-state index contributed by atoms with van der Waals surface area (Å²) in [7, 11) is 0. The number of hydrogen-bond acceptors (Lipinski definition) is 3. The predicted molar refractivity (Wildman–Crippen MR) is 78.9 cm³/mol. The van der Waals surface area contributed by atoms with Crippen LogP contribution in [0.15, 0.2) is 34.9 Å². The molecule has 5 heteroatoms. The number of pyridine rings is 1. The number of benzene rings is 1. The number of rotatable bonds is 3. The Morgan fingerprint density at radius 2 is 2.00 bits per heavy atom. The first-order valence-corrected chi connectivity index (χ1v) is 6.52. The van der Waals surface area contributed by atoms with Gasteiger partial charge in [-0.1, -0.05) is 15.9 Å². The fourth-order valence-electron chi connectivity index (χ4n) is 1.77. The van der Waals surface area contributed by atoms with Crippen LogP contribution in [0.3, 0.4) is 0 Å². The molecule has 3 N–H and O–H groups in total. The zero-order chi connectivity index (χ0) is 14.0. The third-order valence-electron chi connectivity index (χ3n) is 2.74. The van der Waals surface area contributed by atoms with Crippen LogP contribution in [0.1, 0.15) is 16.7 Å². The Morgan fingerprint density at radius 1 is 1.26 bits per heavy atom. The predicted octanol–water partition coefficient (Wildman–Crippen LogP) is 3.54. The molecule has 0 atom stereocenters. The van der Waals surface area contributed by atoms with Crippen LogP contribution in [0.2, 0.25) is 0 Å². The van der Waals surface area contributed by atoms with Gasteiger partial charge in [0.15, 0.2) is 0 Å². The molecule has 0 aliphatic heterocycles. The Morgan fingerprint density at radius 3 is 2.63 bits per heavy atom. The number of ether oxygens (including phenoxy) is 1. The van der Waals surface area contributed by atoms with Gasteiger partial charge in [-0.3, -0.25) is 5.41 Å². The second kappa shape index (κ2) is 5.40. The molecule has 0 spiro atoms. The zero-order valence-electron chi connectivity index (χ0n) is 10.7. The molecule has 0 bridgehead atoms. The van der Waals surface area contributed by atoms with E-state index >= 15 is 0 Å². The minimum Gasteiger partial charge on any atom is -0.438 e. The van der Waals surface area contributed by atoms with Crippen molar-refractivity contribution in [2.24, 2.45) is 5.73 Å². The summed E-state index contributed by atoms with van der Waals surface area (Å²) in [4.78, 5) is 4.16. The van der Waals surface area contributed by atoms with Gasteiger partial charge in [0.2, 0.25) is 5.88 Å². The molecule has 0 aliphatic rings. The van der Waals surface area contributed by atoms with Crippen molar-refractivity contribution >= 4 is 21.8 Å². The highest BCUT2D eigenvalue weighted by atomic mass is 79.9. The molecule has 2 aromatic rings. The molecule has 1 heterocycles. The number of nitrogens with one attached hydrogen (secondary N) is 1. The Labute approximate surface area is 120 Å². The summed E-state index contributed by atoms with van der Waals surface area (Å²) in [5.74, 6) is 1.01. The smallest absolute Gasteiger partial charge is 0.230 e. The van der Waals surface area contributed by atoms with Crippen LogP contribution in [-0.2, 0) is 0 Å². The third-order valence-corrected chi connectivity index (χ3v) is 3.23. The van der Waals surface area contributed by atoms with Crippen molar-refractivity contribution in [3.05, 3.63) is 51.6 Å². The molecule has 0 amide bonds. The van der Waals surface area contributed by atoms with E-state index in [9.17, 15) is 0 Å². The zero-order valence-corrected chi connectivity index (χ0v) is 12.3. The second-order valence-corrected chi connectivity index (χ2v) is 5.15. The molecule has 1 aromatic carbocycles. The maximum absolute atomic E-state index is 7.62. The molecule has 2 rings (SSSR count). The van der Waals surface area contributed by atoms with Crippen LogP contribution in [0, 0.1) is 19.3 Å². The first-order chi connectivity index (χ1) is 8.99. The quantitative estimate of drug-likeness (QED) is 0.671. The van der Waals surface area contributed by atoms with E-state index in [0.717, 1.165) is 15.6 Å². The molecule has 98 valence electrons. The monoisotopic (exact) mass is 319 g/mol. The van der Waals surface area contributed by atoms with Crippen LogP contribution >= 0.6 is 15.9 Å². The van der Waals surface area contributed by atoms with Gasteiger partial charge in [0.25, 0.3) is 0 Å². The number of halogens is 1. The van der Waals surface area contributed by atoms with Crippen LogP contribution in [0.5, 0.6) is 11.6 Å². The SMILES string of the molecule is Cc1cc(Br)ccc1Oc1nccc(C)c1C(=N)N. The van der Waals surface area contributed by atoms with Crippen molar-refractivity contribution in [1.82, 2.24) is 4.98 Å². The van der Waals surface area contributed by atoms with Crippen molar-refractivity contribution in [3.8, 4) is 11.6 Å². The molecule has 19 heavy (non-hydrogen) atoms. The van der Waals surface area contributed by atoms with E-state index in [-0.39, 0.29) is 5.84 Å². The number of aryl methyl sites for hydroxylation is 2. The Kier molecular flexibility index (Phi) is 3.85. The third kappa shape index (κ3) is 2.93. The average Bonchev–Trinajstić information content (AvgIpc) is 2.32. The first-order valence-electron chi connectivity index (χ1n) is 5.73. The standard InChI is InChI=1S/C14H14BrN3O/c1-8-5-6-18-14(12(8)13(16)17)19-11-4-3-10(15)7-9(11)2/h3-7H,1-2H3,(H3,16,17). The van der Waals surface area contributed by atoms with E-state index in [2.05, 4.69) is 20.9 Å². The molecule has 0 saturated carbocycles. The maximum atomic E-state index is 7.62. The van der Waals surface area contributed by atoms with E-state index in [0.29, 0.717) is 17.2 Å². The van der Waals surface area contributed by atoms with Gasteiger partial charge in [0.05, 0.1) is 5.56 Å². The lowest BCUT2D eigenvalue weighted by atomic mass is 10.1. The van der Waals surface area contributed by atoms with Crippen molar-refractivity contribution in [2.75, 3.05) is 0 Å². The van der Waals surface area contributed by atoms with E-state index in [1.165, 1.54) is 0 Å². The normalized spacial score (nSPS) is 10.3. The summed E-state index contributed by atoms with van der Waals surface area (Å²) in [6, 6.07) is 7.51. The van der Waals surface area contributed by atoms with E-state index in [1.807, 2.05) is 32.0 Å². The number of nitrogen functional groups attached to an aromatic ring is 1. The lowest BCUT2D eigenvalue weighted by Gasteiger charge is -2.12. The van der Waals surface area contributed by atoms with Gasteiger partial charge in [0, 0.05) is 10.7 Å². The molecule has 0 unspecified atom stereocenters. The highest BCUT2D eigenvalue weighted by Gasteiger charge is 2.13. The maximum Gasteiger partial charge on any atom is 0.230 e. The minimum absolute atomic E-state index is 0.0460. The van der Waals surface area contributed by atoms with Crippen molar-refractivity contribution in [3.63, 3.8) is 0 Å². The van der Waals surface area contributed by atoms with Gasteiger partial charge < -0.3 is 10.5 Å². The first kappa shape index (κ1) is 13.5. The summed E-state index contributed by atoms with van der Waals surface area (Å²) in [5.41, 5.74) is 7.97. The summed E-state index contributed by atoms with van der Waals surface area (Å²) in [6.45, 7) is 3.82. The molecule has 4 nitrogen and oxygen atoms in total. The van der Waals surface area contributed by atoms with Crippen molar-refractivity contribution in [2.45, 2.75) is 13.8 Å². The van der Waals surface area contributed by atoms with Gasteiger partial charge in [-0.15, -0.1) is 0 Å². The fourth-order valence-corrected chi connectivity index (χ4v) is 2.25. The lowest BCUT2D eigenvalue weighted by molar-refractivity contribution is 0.457. The molecule has 1 aromatic heterocycles. The van der Waals surface area contributed by atoms with Gasteiger partial charge >= 0.3 is 0 Å². The number of aromatic nitrogens is 1. The van der Waals surface area contributed by atoms with Crippen molar-refractivity contribution < 1.29 is 4.74 Å². The van der Waals surface area contributed by atoms with Crippen LogP contribution in [0.25, 0.3) is 0 Å². The number of amidine groups is 1. The highest BCUT2D eigenvalue weighted by Crippen LogP contribution is 2.29. The summed E-state index contributed by atoms with van der Waals surface area (Å²) in [5, 5.41) is 7.62. The Balaban J connectivity index is 2.44. The van der Waals surface area contributed by atoms with Gasteiger partial charge in [0.1, 0.15) is 11.6 Å². The van der Waals surface area contributed by atoms with Gasteiger partial charge in [-0.25, -0.2) is 4.98 Å². The summed E-state index contributed by atoms with van der Waals surface area (Å²) >= 11 is 3.41. The average molecular weight is 320 g/mol. The molecular formula is C14H14BrN3O. The minimum atomic E-state index is -0.0460. The van der Waals surface area contributed by atoms with E-state index < -0.39 is 0 Å². The second-order valence-electron chi connectivity index (χ2n) is 4.23. The lowest BCUT2D eigenvalue weighted by Crippen LogP contribution is -2.15. The molecule has 0 fully saturated rings. The van der Waals surface area contributed by atoms with Crippen LogP contribution < -0.4 is 10.5 Å². The fraction of sp³-hybridized carbons (Fsp3) is 0.143. The van der Waals surface area contributed by atoms with Crippen LogP contribution in [0.4, 0.5) is 0 Å². The molecular weight excluding hydrogens is 306 g/mol. The van der Waals surface area contributed by atoms with E-state index in [1.54, 1.807) is 12.3 Å². The summed E-state index contributed by atoms with van der Waals surface area (Å²) in [6.07, 6.45) is 1.64. The highest BCUT2D eigenvalue weighted by molar-refractivity contribution is 9.10. The Bertz CT molecular complexity index is 641. The van der Waals surface area contributed by atoms with Crippen molar-refractivity contribution in [1.29, 1.82) is 5.41 Å². The largest absolute Gasteiger partial charge is 0.438 e. The van der Waals surface area contributed by atoms with E-state index in [4.69, 9.17) is 15.9 Å². The van der Waals surface area contributed by atoms with Gasteiger partial charge in [-0.05, 0) is 49.2 Å². The van der Waals surface area contributed by atoms with Gasteiger partial charge in [-0.2, -0.15) is 0 Å². The molecule has 0 aliphatic carbocycles. The summed E-state index contributed by atoms with van der Waals surface area (Å²) < 4.78 is 6.77. The molecule has 0 saturated heterocycles. The number of nitrogens with zero attached hydrogens (tertiary/aromatic N) is 1. The number of hydrogen-bond donors (Lipinski definition) is 2. The topological polar surface area (TPSA) is 72.0 Å². The Hall–Kier alpha value is -1.88. The van der Waals surface area contributed by atoms with Crippen LogP contribution in [-0.4, -0.2) is 10.8 Å². The number of nitrogens with two attached hydrogens (primary N) is 1. The molecule has 0 radical (unpaired) electrons.